The first-order chi connectivity index (χ1) is 7.54. The Hall–Kier alpha value is -0.810. The van der Waals surface area contributed by atoms with Crippen molar-refractivity contribution in [3.05, 3.63) is 21.8 Å². The Bertz CT molecular complexity index is 387. The number of rotatable bonds is 5. The van der Waals surface area contributed by atoms with Gasteiger partial charge in [0.25, 0.3) is 0 Å². The number of nitrogens with one attached hydrogen (secondary N) is 1. The average Bonchev–Trinajstić information content (AvgIpc) is 2.20. The van der Waals surface area contributed by atoms with E-state index < -0.39 is 12.0 Å². The third-order valence-electron chi connectivity index (χ3n) is 1.99. The first kappa shape index (κ1) is 13.3. The topological polar surface area (TPSA) is 62.2 Å². The zero-order valence-corrected chi connectivity index (χ0v) is 11.0. The van der Waals surface area contributed by atoms with E-state index in [-0.39, 0.29) is 0 Å². The summed E-state index contributed by atoms with van der Waals surface area (Å²) >= 11 is 9.01. The minimum atomic E-state index is -0.884. The highest BCUT2D eigenvalue weighted by atomic mass is 79.9. The van der Waals surface area contributed by atoms with E-state index in [4.69, 9.17) is 16.7 Å². The van der Waals surface area contributed by atoms with Crippen LogP contribution in [0.15, 0.2) is 16.7 Å². The Balaban J connectivity index is 2.81. The summed E-state index contributed by atoms with van der Waals surface area (Å²) in [6.45, 7) is 1.93. The molecule has 1 rings (SSSR count). The second-order valence-electron chi connectivity index (χ2n) is 3.31. The number of nitrogens with zero attached hydrogens (tertiary/aromatic N) is 1. The molecule has 0 amide bonds. The van der Waals surface area contributed by atoms with Gasteiger partial charge >= 0.3 is 5.97 Å². The number of aromatic nitrogens is 1. The summed E-state index contributed by atoms with van der Waals surface area (Å²) in [6.07, 6.45) is 2.81. The van der Waals surface area contributed by atoms with Crippen LogP contribution >= 0.6 is 27.5 Å². The molecule has 0 aliphatic carbocycles. The molecule has 0 bridgehead atoms. The first-order valence-corrected chi connectivity index (χ1v) is 6.02. The predicted molar refractivity (Wildman–Crippen MR) is 66.9 cm³/mol. The lowest BCUT2D eigenvalue weighted by atomic mass is 10.2. The van der Waals surface area contributed by atoms with Gasteiger partial charge in [-0.15, -0.1) is 0 Å². The van der Waals surface area contributed by atoms with E-state index >= 15 is 0 Å². The highest BCUT2D eigenvalue weighted by molar-refractivity contribution is 9.10. The maximum atomic E-state index is 10.9. The number of carboxylic acids is 1. The Morgan fingerprint density at radius 1 is 1.75 bits per heavy atom. The Morgan fingerprint density at radius 3 is 2.94 bits per heavy atom. The van der Waals surface area contributed by atoms with Gasteiger partial charge in [0.1, 0.15) is 11.9 Å². The van der Waals surface area contributed by atoms with Crippen molar-refractivity contribution in [3.63, 3.8) is 0 Å². The fourth-order valence-corrected chi connectivity index (χ4v) is 1.99. The highest BCUT2D eigenvalue weighted by Gasteiger charge is 2.17. The van der Waals surface area contributed by atoms with Crippen LogP contribution in [0.1, 0.15) is 19.8 Å². The van der Waals surface area contributed by atoms with E-state index in [1.165, 1.54) is 6.20 Å². The van der Waals surface area contributed by atoms with Crippen molar-refractivity contribution in [2.75, 3.05) is 5.32 Å². The summed E-state index contributed by atoms with van der Waals surface area (Å²) in [7, 11) is 0. The summed E-state index contributed by atoms with van der Waals surface area (Å²) in [5.74, 6) is -0.393. The molecule has 0 aromatic carbocycles. The normalized spacial score (nSPS) is 12.2. The van der Waals surface area contributed by atoms with Gasteiger partial charge in [-0.3, -0.25) is 0 Å². The smallest absolute Gasteiger partial charge is 0.326 e. The van der Waals surface area contributed by atoms with Gasteiger partial charge in [0.15, 0.2) is 0 Å². The molecule has 2 N–H and O–H groups in total. The monoisotopic (exact) mass is 306 g/mol. The molecule has 16 heavy (non-hydrogen) atoms. The summed E-state index contributed by atoms with van der Waals surface area (Å²) in [5.41, 5.74) is 0. The molecule has 1 unspecified atom stereocenters. The molecule has 88 valence electrons. The maximum Gasteiger partial charge on any atom is 0.326 e. The number of aliphatic carboxylic acids is 1. The zero-order valence-electron chi connectivity index (χ0n) is 8.70. The lowest BCUT2D eigenvalue weighted by Crippen LogP contribution is -2.29. The van der Waals surface area contributed by atoms with Crippen molar-refractivity contribution in [1.82, 2.24) is 4.98 Å². The SMILES string of the molecule is CCCC(Nc1ncc(Cl)cc1Br)C(=O)O. The van der Waals surface area contributed by atoms with Gasteiger partial charge in [-0.2, -0.15) is 0 Å². The number of halogens is 2. The Kier molecular flexibility index (Phi) is 5.02. The summed E-state index contributed by atoms with van der Waals surface area (Å²) < 4.78 is 0.655. The van der Waals surface area contributed by atoms with Crippen LogP contribution in [0.5, 0.6) is 0 Å². The van der Waals surface area contributed by atoms with Gasteiger partial charge in [0.2, 0.25) is 0 Å². The van der Waals surface area contributed by atoms with Crippen LogP contribution < -0.4 is 5.32 Å². The lowest BCUT2D eigenvalue weighted by molar-refractivity contribution is -0.138. The van der Waals surface area contributed by atoms with Crippen LogP contribution in [-0.2, 0) is 4.79 Å². The fraction of sp³-hybridized carbons (Fsp3) is 0.400. The standard InChI is InChI=1S/C10H12BrClN2O2/c1-2-3-8(10(15)16)14-9-7(11)4-6(12)5-13-9/h4-5,8H,2-3H2,1H3,(H,13,14)(H,15,16). The molecule has 0 aliphatic heterocycles. The highest BCUT2D eigenvalue weighted by Crippen LogP contribution is 2.24. The van der Waals surface area contributed by atoms with Crippen LogP contribution in [0.25, 0.3) is 0 Å². The van der Waals surface area contributed by atoms with Gasteiger partial charge < -0.3 is 10.4 Å². The second kappa shape index (κ2) is 6.06. The summed E-state index contributed by atoms with van der Waals surface area (Å²) in [4.78, 5) is 15.0. The second-order valence-corrected chi connectivity index (χ2v) is 4.60. The number of anilines is 1. The van der Waals surface area contributed by atoms with Gasteiger partial charge in [-0.25, -0.2) is 9.78 Å². The molecular formula is C10H12BrClN2O2. The predicted octanol–water partition coefficient (Wildman–Crippen LogP) is 3.16. The van der Waals surface area contributed by atoms with E-state index in [2.05, 4.69) is 26.2 Å². The van der Waals surface area contributed by atoms with Gasteiger partial charge in [-0.05, 0) is 28.4 Å². The van der Waals surface area contributed by atoms with Crippen molar-refractivity contribution in [2.24, 2.45) is 0 Å². The van der Waals surface area contributed by atoms with Crippen molar-refractivity contribution in [2.45, 2.75) is 25.8 Å². The van der Waals surface area contributed by atoms with Crippen LogP contribution in [0.4, 0.5) is 5.82 Å². The molecule has 1 atom stereocenters. The molecule has 0 spiro atoms. The molecule has 0 radical (unpaired) electrons. The van der Waals surface area contributed by atoms with Crippen molar-refractivity contribution >= 4 is 39.3 Å². The maximum absolute atomic E-state index is 10.9. The number of carboxylic acid groups (broad SMARTS) is 1. The van der Waals surface area contributed by atoms with Crippen molar-refractivity contribution < 1.29 is 9.90 Å². The minimum Gasteiger partial charge on any atom is -0.480 e. The molecule has 6 heteroatoms. The number of hydrogen-bond donors (Lipinski definition) is 2. The van der Waals surface area contributed by atoms with E-state index in [0.29, 0.717) is 21.7 Å². The number of pyridine rings is 1. The van der Waals surface area contributed by atoms with E-state index in [1.54, 1.807) is 6.07 Å². The molecule has 4 nitrogen and oxygen atoms in total. The molecule has 1 aromatic rings. The lowest BCUT2D eigenvalue weighted by Gasteiger charge is -2.15. The Morgan fingerprint density at radius 2 is 2.44 bits per heavy atom. The molecule has 1 aromatic heterocycles. The van der Waals surface area contributed by atoms with Crippen LogP contribution in [0.2, 0.25) is 5.02 Å². The van der Waals surface area contributed by atoms with Gasteiger partial charge in [0.05, 0.1) is 9.50 Å². The number of hydrogen-bond acceptors (Lipinski definition) is 3. The molecular weight excluding hydrogens is 295 g/mol. The molecule has 0 saturated carbocycles. The van der Waals surface area contributed by atoms with E-state index in [0.717, 1.165) is 6.42 Å². The van der Waals surface area contributed by atoms with E-state index in [1.807, 2.05) is 6.92 Å². The zero-order chi connectivity index (χ0) is 12.1. The van der Waals surface area contributed by atoms with E-state index in [9.17, 15) is 4.79 Å². The first-order valence-electron chi connectivity index (χ1n) is 4.85. The summed E-state index contributed by atoms with van der Waals surface area (Å²) in [5, 5.41) is 12.3. The van der Waals surface area contributed by atoms with Gasteiger partial charge in [0, 0.05) is 6.20 Å². The van der Waals surface area contributed by atoms with Crippen LogP contribution in [-0.4, -0.2) is 22.1 Å². The minimum absolute atomic E-state index is 0.491. The third kappa shape index (κ3) is 3.64. The van der Waals surface area contributed by atoms with Gasteiger partial charge in [-0.1, -0.05) is 24.9 Å². The molecule has 1 heterocycles. The number of carbonyl (C=O) groups is 1. The fourth-order valence-electron chi connectivity index (χ4n) is 1.23. The molecule has 0 fully saturated rings. The van der Waals surface area contributed by atoms with Crippen LogP contribution in [0.3, 0.4) is 0 Å². The average molecular weight is 308 g/mol. The summed E-state index contributed by atoms with van der Waals surface area (Å²) in [6, 6.07) is 1.04. The molecule has 0 saturated heterocycles. The largest absolute Gasteiger partial charge is 0.480 e. The van der Waals surface area contributed by atoms with Crippen LogP contribution in [0, 0.1) is 0 Å². The third-order valence-corrected chi connectivity index (χ3v) is 2.81. The molecule has 0 aliphatic rings. The quantitative estimate of drug-likeness (QED) is 0.877. The van der Waals surface area contributed by atoms with Crippen molar-refractivity contribution in [1.29, 1.82) is 0 Å². The van der Waals surface area contributed by atoms with Crippen molar-refractivity contribution in [3.8, 4) is 0 Å². The Labute approximate surface area is 107 Å².